The summed E-state index contributed by atoms with van der Waals surface area (Å²) in [5, 5.41) is 6.65. The molecule has 0 saturated heterocycles. The lowest BCUT2D eigenvalue weighted by Gasteiger charge is -1.90. The molecule has 0 radical (unpaired) electrons. The van der Waals surface area contributed by atoms with E-state index in [9.17, 15) is 4.79 Å². The van der Waals surface area contributed by atoms with Crippen LogP contribution in [0.5, 0.6) is 0 Å². The summed E-state index contributed by atoms with van der Waals surface area (Å²) >= 11 is 2.85. The Morgan fingerprint density at radius 1 is 1.80 bits per heavy atom. The second-order valence-electron chi connectivity index (χ2n) is 1.42. The Labute approximate surface area is 73.6 Å². The van der Waals surface area contributed by atoms with Crippen LogP contribution in [0.4, 0.5) is 0 Å². The number of ketones is 1. The monoisotopic (exact) mass is 205 g/mol. The Morgan fingerprint density at radius 3 is 3.30 bits per heavy atom. The molecule has 0 bridgehead atoms. The third kappa shape index (κ3) is 1.60. The first-order valence-corrected chi connectivity index (χ1v) is 3.08. The van der Waals surface area contributed by atoms with Crippen molar-refractivity contribution in [3.05, 3.63) is 22.4 Å². The molecular formula is C6H5BrN2O. The molecule has 0 amide bonds. The first-order chi connectivity index (χ1) is 6.75. The van der Waals surface area contributed by atoms with E-state index >= 15 is 0 Å². The molecule has 4 heteroatoms. The number of hydrogen-bond acceptors (Lipinski definition) is 3. The quantitative estimate of drug-likeness (QED) is 0.653. The number of carbonyl (C=O) groups excluding carboxylic acids is 1. The van der Waals surface area contributed by atoms with Crippen molar-refractivity contribution in [3.63, 3.8) is 0 Å². The van der Waals surface area contributed by atoms with Gasteiger partial charge in [0.05, 0.1) is 2.74 Å². The largest absolute Gasteiger partial charge is 0.293 e. The molecule has 1 aromatic heterocycles. The van der Waals surface area contributed by atoms with Gasteiger partial charge < -0.3 is 0 Å². The third-order valence-corrected chi connectivity index (χ3v) is 1.09. The van der Waals surface area contributed by atoms with Gasteiger partial charge in [-0.25, -0.2) is 0 Å². The normalized spacial score (nSPS) is 17.9. The van der Waals surface area contributed by atoms with Gasteiger partial charge in [0.2, 0.25) is 0 Å². The number of nitrogens with zero attached hydrogens (tertiary/aromatic N) is 2. The van der Waals surface area contributed by atoms with E-state index in [2.05, 4.69) is 26.1 Å². The lowest BCUT2D eigenvalue weighted by Crippen LogP contribution is -1.97. The second kappa shape index (κ2) is 2.88. The Morgan fingerprint density at radius 2 is 2.60 bits per heavy atom. The smallest absolute Gasteiger partial charge is 0.180 e. The fourth-order valence-corrected chi connectivity index (χ4v) is 0.535. The van der Waals surface area contributed by atoms with Crippen molar-refractivity contribution in [1.29, 1.82) is 0 Å². The Hall–Kier alpha value is -0.770. The van der Waals surface area contributed by atoms with Gasteiger partial charge in [-0.2, -0.15) is 0 Å². The van der Waals surface area contributed by atoms with Crippen LogP contribution in [0.1, 0.15) is 24.2 Å². The highest BCUT2D eigenvalue weighted by atomic mass is 79.9. The minimum Gasteiger partial charge on any atom is -0.293 e. The van der Waals surface area contributed by atoms with E-state index in [1.54, 1.807) is 0 Å². The van der Waals surface area contributed by atoms with E-state index < -0.39 is 24.4 Å². The fourth-order valence-electron chi connectivity index (χ4n) is 0.357. The van der Waals surface area contributed by atoms with Crippen LogP contribution in [0, 0.1) is 0 Å². The average molecular weight is 206 g/mol. The van der Waals surface area contributed by atoms with Gasteiger partial charge in [-0.15, -0.1) is 10.2 Å². The van der Waals surface area contributed by atoms with Crippen molar-refractivity contribution in [2.24, 2.45) is 0 Å². The predicted octanol–water partition coefficient (Wildman–Crippen LogP) is 1.44. The van der Waals surface area contributed by atoms with E-state index in [0.717, 1.165) is 0 Å². The number of hydrogen-bond donors (Lipinski definition) is 0. The zero-order valence-corrected chi connectivity index (χ0v) is 6.27. The summed E-state index contributed by atoms with van der Waals surface area (Å²) in [6.07, 6.45) is 0. The van der Waals surface area contributed by atoms with E-state index in [4.69, 9.17) is 6.85 Å². The molecule has 0 unspecified atom stereocenters. The van der Waals surface area contributed by atoms with Gasteiger partial charge in [-0.1, -0.05) is 0 Å². The Balaban J connectivity index is 3.29. The molecule has 0 aliphatic heterocycles. The number of aromatic nitrogens is 2. The Bertz CT molecular complexity index is 419. The lowest BCUT2D eigenvalue weighted by atomic mass is 10.3. The second-order valence-corrected chi connectivity index (χ2v) is 2.17. The number of rotatable bonds is 1. The molecule has 3 nitrogen and oxygen atoms in total. The topological polar surface area (TPSA) is 42.9 Å². The maximum atomic E-state index is 11.3. The fraction of sp³-hybridized carbons (Fsp3) is 0.167. The molecule has 1 rings (SSSR count). The highest BCUT2D eigenvalue weighted by Crippen LogP contribution is 2.03. The van der Waals surface area contributed by atoms with E-state index in [0.29, 0.717) is 0 Å². The van der Waals surface area contributed by atoms with E-state index in [1.807, 2.05) is 0 Å². The highest BCUT2D eigenvalue weighted by Gasteiger charge is 1.99. The summed E-state index contributed by atoms with van der Waals surface area (Å²) in [5.41, 5.74) is -0.608. The average Bonchev–Trinajstić information content (AvgIpc) is 2.12. The zero-order valence-electron chi connectivity index (χ0n) is 9.68. The van der Waals surface area contributed by atoms with Crippen LogP contribution in [0.15, 0.2) is 16.7 Å². The maximum absolute atomic E-state index is 11.3. The minimum atomic E-state index is -2.87. The molecule has 1 aromatic rings. The molecule has 0 saturated carbocycles. The molecule has 1 heterocycles. The molecule has 0 N–H and O–H groups in total. The van der Waals surface area contributed by atoms with Gasteiger partial charge in [0.15, 0.2) is 5.78 Å². The molecule has 10 heavy (non-hydrogen) atoms. The molecular weight excluding hydrogens is 196 g/mol. The molecule has 0 atom stereocenters. The molecule has 0 aliphatic rings. The van der Waals surface area contributed by atoms with Crippen molar-refractivity contribution in [3.8, 4) is 0 Å². The van der Waals surface area contributed by atoms with Crippen LogP contribution in [0.25, 0.3) is 0 Å². The van der Waals surface area contributed by atoms with Crippen molar-refractivity contribution in [2.75, 3.05) is 0 Å². The number of Topliss-reactive ketones (excluding diaryl/α,β-unsaturated/α-hetero) is 1. The highest BCUT2D eigenvalue weighted by molar-refractivity contribution is 9.10. The van der Waals surface area contributed by atoms with Crippen LogP contribution in [0.3, 0.4) is 0 Å². The van der Waals surface area contributed by atoms with Crippen LogP contribution in [0.2, 0.25) is 0 Å². The predicted molar refractivity (Wildman–Crippen MR) is 39.7 cm³/mol. The Kier molecular flexibility index (Phi) is 0.888. The molecule has 0 aromatic carbocycles. The summed E-state index contributed by atoms with van der Waals surface area (Å²) in [6, 6.07) is -0.907. The first kappa shape index (κ1) is 3.09. The van der Waals surface area contributed by atoms with Gasteiger partial charge in [-0.05, 0) is 28.0 Å². The summed E-state index contributed by atoms with van der Waals surface area (Å²) in [5.74, 6) is -1.28. The van der Waals surface area contributed by atoms with Crippen LogP contribution < -0.4 is 0 Å². The van der Waals surface area contributed by atoms with Gasteiger partial charge in [-0.3, -0.25) is 4.79 Å². The van der Waals surface area contributed by atoms with Crippen molar-refractivity contribution in [1.82, 2.24) is 10.2 Å². The van der Waals surface area contributed by atoms with Crippen molar-refractivity contribution < 1.29 is 11.6 Å². The molecule has 0 fully saturated rings. The van der Waals surface area contributed by atoms with Gasteiger partial charge in [0.1, 0.15) is 10.3 Å². The SMILES string of the molecule is [2H]c1c(Br)nnc(C(=O)C([2H])([2H])[2H])c1[2H]. The lowest BCUT2D eigenvalue weighted by molar-refractivity contribution is 0.101. The van der Waals surface area contributed by atoms with Crippen LogP contribution in [-0.4, -0.2) is 16.0 Å². The van der Waals surface area contributed by atoms with Gasteiger partial charge in [0.25, 0.3) is 0 Å². The van der Waals surface area contributed by atoms with Crippen molar-refractivity contribution >= 4 is 21.7 Å². The van der Waals surface area contributed by atoms with Gasteiger partial charge in [0, 0.05) is 11.0 Å². The van der Waals surface area contributed by atoms with Crippen LogP contribution in [-0.2, 0) is 0 Å². The number of halogens is 1. The number of carbonyl (C=O) groups is 1. The first-order valence-electron chi connectivity index (χ1n) is 4.79. The molecule has 0 aliphatic carbocycles. The summed E-state index contributed by atoms with van der Waals surface area (Å²) in [7, 11) is 0. The maximum Gasteiger partial charge on any atom is 0.180 e. The van der Waals surface area contributed by atoms with E-state index in [1.165, 1.54) is 0 Å². The molecule has 0 spiro atoms. The summed E-state index contributed by atoms with van der Waals surface area (Å²) in [6.45, 7) is -2.87. The minimum absolute atomic E-state index is 0.00501. The van der Waals surface area contributed by atoms with Crippen LogP contribution >= 0.6 is 15.9 Å². The van der Waals surface area contributed by atoms with Gasteiger partial charge >= 0.3 is 0 Å². The summed E-state index contributed by atoms with van der Waals surface area (Å²) in [4.78, 5) is 11.3. The van der Waals surface area contributed by atoms with Crippen molar-refractivity contribution in [2.45, 2.75) is 6.85 Å². The zero-order chi connectivity index (χ0) is 11.8. The standard InChI is InChI=1S/C6H5BrN2O/c1-4(10)5-2-3-6(7)9-8-5/h2-3H,1H3/i1D3,2D,3D. The summed E-state index contributed by atoms with van der Waals surface area (Å²) < 4.78 is 35.2. The third-order valence-electron chi connectivity index (χ3n) is 0.737. The molecule has 52 valence electrons. The van der Waals surface area contributed by atoms with E-state index in [-0.39, 0.29) is 10.6 Å².